The van der Waals surface area contributed by atoms with Crippen molar-refractivity contribution >= 4 is 22.7 Å². The van der Waals surface area contributed by atoms with E-state index < -0.39 is 6.09 Å². The molecule has 0 saturated heterocycles. The number of ether oxygens (including phenoxy) is 4. The molecule has 1 aromatic heterocycles. The van der Waals surface area contributed by atoms with E-state index in [0.29, 0.717) is 52.2 Å². The van der Waals surface area contributed by atoms with Crippen LogP contribution in [0.2, 0.25) is 0 Å². The zero-order valence-corrected chi connectivity index (χ0v) is 19.0. The Balaban J connectivity index is 1.38. The van der Waals surface area contributed by atoms with Crippen LogP contribution >= 0.6 is 0 Å². The van der Waals surface area contributed by atoms with Crippen LogP contribution in [0, 0.1) is 5.92 Å². The van der Waals surface area contributed by atoms with Crippen molar-refractivity contribution in [3.63, 3.8) is 0 Å². The monoisotopic (exact) mass is 451 g/mol. The molecule has 0 bridgehead atoms. The topological polar surface area (TPSA) is 91.8 Å². The highest BCUT2D eigenvalue weighted by atomic mass is 16.5. The second-order valence-corrected chi connectivity index (χ2v) is 8.11. The summed E-state index contributed by atoms with van der Waals surface area (Å²) in [6, 6.07) is 10.6. The second-order valence-electron chi connectivity index (χ2n) is 8.11. The Kier molecular flexibility index (Phi) is 7.44. The Morgan fingerprint density at radius 2 is 1.67 bits per heavy atom. The molecule has 0 spiro atoms. The molecule has 8 heteroatoms. The third-order valence-electron chi connectivity index (χ3n) is 5.84. The Labute approximate surface area is 193 Å². The number of hydrogen-bond acceptors (Lipinski definition) is 7. The van der Waals surface area contributed by atoms with Crippen LogP contribution in [-0.2, 0) is 4.74 Å². The molecule has 2 aromatic carbocycles. The summed E-state index contributed by atoms with van der Waals surface area (Å²) in [5, 5.41) is 3.47. The van der Waals surface area contributed by atoms with Crippen LogP contribution in [-0.4, -0.2) is 36.9 Å². The summed E-state index contributed by atoms with van der Waals surface area (Å²) in [5.74, 6) is 2.57. The van der Waals surface area contributed by atoms with Crippen LogP contribution in [0.1, 0.15) is 38.5 Å². The first-order valence-corrected chi connectivity index (χ1v) is 11.2. The van der Waals surface area contributed by atoms with Crippen LogP contribution in [0.15, 0.2) is 42.7 Å². The Bertz CT molecular complexity index is 1080. The molecule has 0 atom stereocenters. The van der Waals surface area contributed by atoms with Crippen molar-refractivity contribution in [1.82, 2.24) is 9.97 Å². The molecule has 1 fully saturated rings. The van der Waals surface area contributed by atoms with E-state index in [4.69, 9.17) is 18.9 Å². The molecule has 0 unspecified atom stereocenters. The molecule has 0 aliphatic heterocycles. The van der Waals surface area contributed by atoms with Gasteiger partial charge in [0.05, 0.1) is 31.7 Å². The number of benzene rings is 2. The van der Waals surface area contributed by atoms with E-state index in [1.807, 2.05) is 0 Å². The summed E-state index contributed by atoms with van der Waals surface area (Å²) in [7, 11) is 3.15. The van der Waals surface area contributed by atoms with Gasteiger partial charge in [-0.15, -0.1) is 0 Å². The van der Waals surface area contributed by atoms with Gasteiger partial charge in [0.25, 0.3) is 0 Å². The van der Waals surface area contributed by atoms with Crippen LogP contribution in [0.25, 0.3) is 10.9 Å². The molecule has 33 heavy (non-hydrogen) atoms. The molecule has 8 nitrogen and oxygen atoms in total. The molecule has 1 aliphatic carbocycles. The maximum absolute atomic E-state index is 12.2. The van der Waals surface area contributed by atoms with Crippen LogP contribution in [0.4, 0.5) is 10.5 Å². The molecule has 1 saturated carbocycles. The predicted octanol–water partition coefficient (Wildman–Crippen LogP) is 5.96. The van der Waals surface area contributed by atoms with E-state index in [1.165, 1.54) is 32.0 Å². The van der Waals surface area contributed by atoms with Crippen molar-refractivity contribution in [3.05, 3.63) is 42.7 Å². The van der Waals surface area contributed by atoms with Gasteiger partial charge in [-0.1, -0.05) is 25.7 Å². The number of amides is 1. The summed E-state index contributed by atoms with van der Waals surface area (Å²) in [6.45, 7) is 0.474. The highest BCUT2D eigenvalue weighted by molar-refractivity contribution is 5.87. The number of methoxy groups -OCH3 is 2. The summed E-state index contributed by atoms with van der Waals surface area (Å²) in [5.41, 5.74) is 1.31. The first kappa shape index (κ1) is 22.6. The van der Waals surface area contributed by atoms with Gasteiger partial charge in [0, 0.05) is 11.8 Å². The van der Waals surface area contributed by atoms with E-state index in [1.54, 1.807) is 50.6 Å². The van der Waals surface area contributed by atoms with Crippen molar-refractivity contribution < 1.29 is 23.7 Å². The van der Waals surface area contributed by atoms with Gasteiger partial charge in [-0.2, -0.15) is 0 Å². The van der Waals surface area contributed by atoms with Crippen molar-refractivity contribution in [3.8, 4) is 23.1 Å². The number of fused-ring (bicyclic) bond motifs is 1. The fourth-order valence-corrected chi connectivity index (χ4v) is 4.04. The number of carbonyl (C=O) groups is 1. The maximum atomic E-state index is 12.2. The van der Waals surface area contributed by atoms with Crippen molar-refractivity contribution in [2.45, 2.75) is 38.5 Å². The molecule has 1 heterocycles. The normalized spacial score (nSPS) is 14.4. The molecule has 0 radical (unpaired) electrons. The van der Waals surface area contributed by atoms with Gasteiger partial charge >= 0.3 is 6.09 Å². The number of nitrogens with one attached hydrogen (secondary N) is 1. The average molecular weight is 452 g/mol. The minimum Gasteiger partial charge on any atom is -0.493 e. The van der Waals surface area contributed by atoms with Crippen LogP contribution in [0.5, 0.6) is 23.1 Å². The quantitative estimate of drug-likeness (QED) is 0.443. The minimum atomic E-state index is -0.434. The van der Waals surface area contributed by atoms with Gasteiger partial charge < -0.3 is 18.9 Å². The Morgan fingerprint density at radius 3 is 2.36 bits per heavy atom. The van der Waals surface area contributed by atoms with Gasteiger partial charge in [-0.05, 0) is 49.1 Å². The largest absolute Gasteiger partial charge is 0.493 e. The fourth-order valence-electron chi connectivity index (χ4n) is 4.04. The van der Waals surface area contributed by atoms with E-state index in [9.17, 15) is 4.79 Å². The SMILES string of the molecule is COc1cc2ncnc(Oc3ccc(NC(=O)OCC4CCCCCC4)cc3)c2cc1OC. The van der Waals surface area contributed by atoms with Crippen molar-refractivity contribution in [1.29, 1.82) is 0 Å². The second kappa shape index (κ2) is 10.8. The van der Waals surface area contributed by atoms with Crippen molar-refractivity contribution in [2.75, 3.05) is 26.1 Å². The van der Waals surface area contributed by atoms with Gasteiger partial charge in [0.2, 0.25) is 5.88 Å². The molecule has 1 aliphatic rings. The highest BCUT2D eigenvalue weighted by Crippen LogP contribution is 2.35. The lowest BCUT2D eigenvalue weighted by Crippen LogP contribution is -2.18. The van der Waals surface area contributed by atoms with E-state index >= 15 is 0 Å². The van der Waals surface area contributed by atoms with E-state index in [0.717, 1.165) is 12.8 Å². The fraction of sp³-hybridized carbons (Fsp3) is 0.400. The van der Waals surface area contributed by atoms with E-state index in [2.05, 4.69) is 15.3 Å². The molecule has 1 amide bonds. The Morgan fingerprint density at radius 1 is 0.970 bits per heavy atom. The van der Waals surface area contributed by atoms with Gasteiger partial charge in [-0.25, -0.2) is 14.8 Å². The smallest absolute Gasteiger partial charge is 0.411 e. The van der Waals surface area contributed by atoms with Gasteiger partial charge in [-0.3, -0.25) is 5.32 Å². The molecule has 1 N–H and O–H groups in total. The average Bonchev–Trinajstić information content (AvgIpc) is 3.12. The number of aromatic nitrogens is 2. The third kappa shape index (κ3) is 5.83. The highest BCUT2D eigenvalue weighted by Gasteiger charge is 2.15. The first-order chi connectivity index (χ1) is 16.2. The van der Waals surface area contributed by atoms with Gasteiger partial charge in [0.15, 0.2) is 11.5 Å². The number of rotatable bonds is 7. The summed E-state index contributed by atoms with van der Waals surface area (Å²) in [4.78, 5) is 20.7. The van der Waals surface area contributed by atoms with Crippen LogP contribution < -0.4 is 19.5 Å². The number of nitrogens with zero attached hydrogens (tertiary/aromatic N) is 2. The molecule has 4 rings (SSSR count). The predicted molar refractivity (Wildman–Crippen MR) is 125 cm³/mol. The summed E-state index contributed by atoms with van der Waals surface area (Å²) in [6.07, 6.45) is 8.27. The first-order valence-electron chi connectivity index (χ1n) is 11.2. The zero-order valence-electron chi connectivity index (χ0n) is 19.0. The molecule has 3 aromatic rings. The standard InChI is InChI=1S/C25H29N3O5/c1-30-22-13-20-21(14-23(22)31-2)26-16-27-24(20)33-19-11-9-18(10-12-19)28-25(29)32-15-17-7-5-3-4-6-8-17/h9-14,16-17H,3-8,15H2,1-2H3,(H,28,29). The minimum absolute atomic E-state index is 0.393. The summed E-state index contributed by atoms with van der Waals surface area (Å²) >= 11 is 0. The Hall–Kier alpha value is -3.55. The summed E-state index contributed by atoms with van der Waals surface area (Å²) < 4.78 is 22.1. The molecular formula is C25H29N3O5. The number of carbonyl (C=O) groups excluding carboxylic acids is 1. The number of hydrogen-bond donors (Lipinski definition) is 1. The lowest BCUT2D eigenvalue weighted by Gasteiger charge is -2.14. The zero-order chi connectivity index (χ0) is 23.0. The number of anilines is 1. The molecular weight excluding hydrogens is 422 g/mol. The maximum Gasteiger partial charge on any atom is 0.411 e. The van der Waals surface area contributed by atoms with E-state index in [-0.39, 0.29) is 0 Å². The van der Waals surface area contributed by atoms with Crippen molar-refractivity contribution in [2.24, 2.45) is 5.92 Å². The van der Waals surface area contributed by atoms with Crippen LogP contribution in [0.3, 0.4) is 0 Å². The molecule has 174 valence electrons. The van der Waals surface area contributed by atoms with Gasteiger partial charge in [0.1, 0.15) is 12.1 Å². The lowest BCUT2D eigenvalue weighted by atomic mass is 10.0. The lowest BCUT2D eigenvalue weighted by molar-refractivity contribution is 0.136. The third-order valence-corrected chi connectivity index (χ3v) is 5.84.